The monoisotopic (exact) mass is 403 g/mol. The van der Waals surface area contributed by atoms with E-state index in [9.17, 15) is 4.79 Å². The maximum absolute atomic E-state index is 13.5. The molecule has 5 nitrogen and oxygen atoms in total. The van der Waals surface area contributed by atoms with Gasteiger partial charge in [0.15, 0.2) is 5.82 Å². The van der Waals surface area contributed by atoms with Gasteiger partial charge in [0.2, 0.25) is 0 Å². The Labute approximate surface area is 178 Å². The summed E-state index contributed by atoms with van der Waals surface area (Å²) < 4.78 is 8.19. The van der Waals surface area contributed by atoms with Gasteiger partial charge in [-0.05, 0) is 37.8 Å². The van der Waals surface area contributed by atoms with Crippen LogP contribution in [0.15, 0.2) is 60.9 Å². The van der Waals surface area contributed by atoms with Crippen molar-refractivity contribution in [3.8, 4) is 0 Å². The lowest BCUT2D eigenvalue weighted by molar-refractivity contribution is -0.0365. The largest absolute Gasteiger partial charge is 0.367 e. The van der Waals surface area contributed by atoms with Crippen molar-refractivity contribution in [2.45, 2.75) is 38.3 Å². The Morgan fingerprint density at radius 3 is 2.23 bits per heavy atom. The minimum absolute atomic E-state index is 0.0493. The summed E-state index contributed by atoms with van der Waals surface area (Å²) in [4.78, 5) is 19.7. The number of carbonyl (C=O) groups excluding carboxylic acids is 1. The number of carbonyl (C=O) groups is 1. The van der Waals surface area contributed by atoms with Crippen LogP contribution in [-0.4, -0.2) is 40.1 Å². The van der Waals surface area contributed by atoms with Crippen molar-refractivity contribution in [3.63, 3.8) is 0 Å². The zero-order valence-electron chi connectivity index (χ0n) is 18.1. The van der Waals surface area contributed by atoms with Crippen molar-refractivity contribution in [3.05, 3.63) is 89.0 Å². The van der Waals surface area contributed by atoms with Crippen LogP contribution in [0.25, 0.3) is 0 Å². The zero-order chi connectivity index (χ0) is 21.3. The molecule has 1 aromatic heterocycles. The first kappa shape index (κ1) is 20.4. The fourth-order valence-corrected chi connectivity index (χ4v) is 4.81. The predicted molar refractivity (Wildman–Crippen MR) is 117 cm³/mol. The van der Waals surface area contributed by atoms with Gasteiger partial charge in [0.25, 0.3) is 5.91 Å². The zero-order valence-corrected chi connectivity index (χ0v) is 18.1. The highest BCUT2D eigenvalue weighted by atomic mass is 16.5. The van der Waals surface area contributed by atoms with Crippen molar-refractivity contribution < 1.29 is 9.53 Å². The summed E-state index contributed by atoms with van der Waals surface area (Å²) >= 11 is 0. The molecule has 1 aliphatic heterocycles. The average molecular weight is 404 g/mol. The van der Waals surface area contributed by atoms with Crippen molar-refractivity contribution in [2.75, 3.05) is 13.7 Å². The second-order valence-electron chi connectivity index (χ2n) is 8.20. The normalized spacial score (nSPS) is 16.8. The average Bonchev–Trinajstić information content (AvgIpc) is 3.38. The van der Waals surface area contributed by atoms with Crippen LogP contribution in [0.1, 0.15) is 45.7 Å². The van der Waals surface area contributed by atoms with Crippen molar-refractivity contribution in [1.29, 1.82) is 0 Å². The molecule has 156 valence electrons. The standard InChI is InChI=1S/C25H29N3O2/c1-18-8-5-10-20(16-18)25(30-4,21-11-6-9-19(2)17-21)22-12-7-14-28(22)24(29)23-26-13-15-27(23)3/h5-6,8-11,13,15-17,22H,7,12,14H2,1-4H3/t22-/m0/s1. The molecule has 30 heavy (non-hydrogen) atoms. The highest BCUT2D eigenvalue weighted by molar-refractivity contribution is 5.91. The molecular formula is C25H29N3O2. The van der Waals surface area contributed by atoms with Gasteiger partial charge in [-0.15, -0.1) is 0 Å². The maximum Gasteiger partial charge on any atom is 0.290 e. The second-order valence-corrected chi connectivity index (χ2v) is 8.20. The highest BCUT2D eigenvalue weighted by Crippen LogP contribution is 2.44. The molecule has 2 aromatic carbocycles. The third kappa shape index (κ3) is 3.33. The van der Waals surface area contributed by atoms with Gasteiger partial charge in [-0.25, -0.2) is 4.98 Å². The number of nitrogens with zero attached hydrogens (tertiary/aromatic N) is 3. The van der Waals surface area contributed by atoms with E-state index in [1.165, 1.54) is 11.1 Å². The van der Waals surface area contributed by atoms with Crippen LogP contribution < -0.4 is 0 Å². The first-order valence-electron chi connectivity index (χ1n) is 10.4. The number of hydrogen-bond acceptors (Lipinski definition) is 3. The number of imidazole rings is 1. The molecule has 0 aliphatic carbocycles. The Hall–Kier alpha value is -2.92. The van der Waals surface area contributed by atoms with Crippen molar-refractivity contribution >= 4 is 5.91 Å². The number of benzene rings is 2. The Morgan fingerprint density at radius 1 is 1.10 bits per heavy atom. The number of aromatic nitrogens is 2. The summed E-state index contributed by atoms with van der Waals surface area (Å²) in [6.45, 7) is 4.87. The maximum atomic E-state index is 13.5. The summed E-state index contributed by atoms with van der Waals surface area (Å²) in [5, 5.41) is 0. The third-order valence-corrected chi connectivity index (χ3v) is 6.21. The van der Waals surface area contributed by atoms with Crippen molar-refractivity contribution in [1.82, 2.24) is 14.5 Å². The van der Waals surface area contributed by atoms with Gasteiger partial charge in [-0.3, -0.25) is 4.79 Å². The van der Waals surface area contributed by atoms with Crippen LogP contribution >= 0.6 is 0 Å². The number of hydrogen-bond donors (Lipinski definition) is 0. The van der Waals surface area contributed by atoms with E-state index >= 15 is 0 Å². The highest BCUT2D eigenvalue weighted by Gasteiger charge is 2.49. The van der Waals surface area contributed by atoms with Gasteiger partial charge in [0.1, 0.15) is 5.60 Å². The lowest BCUT2D eigenvalue weighted by Crippen LogP contribution is -2.52. The molecule has 4 rings (SSSR count). The van der Waals surface area contributed by atoms with Crippen LogP contribution in [0.2, 0.25) is 0 Å². The second kappa shape index (κ2) is 8.07. The fourth-order valence-electron chi connectivity index (χ4n) is 4.81. The Balaban J connectivity index is 1.89. The van der Waals surface area contributed by atoms with Gasteiger partial charge >= 0.3 is 0 Å². The van der Waals surface area contributed by atoms with Crippen LogP contribution in [0.5, 0.6) is 0 Å². The molecule has 0 unspecified atom stereocenters. The van der Waals surface area contributed by atoms with Crippen LogP contribution in [0.3, 0.4) is 0 Å². The van der Waals surface area contributed by atoms with Crippen LogP contribution in [-0.2, 0) is 17.4 Å². The predicted octanol–water partition coefficient (Wildman–Crippen LogP) is 4.23. The lowest BCUT2D eigenvalue weighted by Gasteiger charge is -2.43. The molecule has 1 atom stereocenters. The Bertz CT molecular complexity index is 1010. The number of aryl methyl sites for hydroxylation is 3. The van der Waals surface area contributed by atoms with Gasteiger partial charge in [0.05, 0.1) is 6.04 Å². The first-order chi connectivity index (χ1) is 14.5. The molecule has 1 fully saturated rings. The van der Waals surface area contributed by atoms with E-state index in [1.807, 2.05) is 18.1 Å². The third-order valence-electron chi connectivity index (χ3n) is 6.21. The van der Waals surface area contributed by atoms with E-state index in [1.54, 1.807) is 17.9 Å². The van der Waals surface area contributed by atoms with E-state index in [2.05, 4.69) is 67.4 Å². The molecule has 3 aromatic rings. The number of likely N-dealkylation sites (tertiary alicyclic amines) is 1. The smallest absolute Gasteiger partial charge is 0.290 e. The number of amides is 1. The minimum Gasteiger partial charge on any atom is -0.367 e. The molecule has 5 heteroatoms. The van der Waals surface area contributed by atoms with E-state index in [0.29, 0.717) is 12.4 Å². The molecule has 0 radical (unpaired) electrons. The Morgan fingerprint density at radius 2 is 1.73 bits per heavy atom. The quantitative estimate of drug-likeness (QED) is 0.640. The fraction of sp³-hybridized carbons (Fsp3) is 0.360. The summed E-state index contributed by atoms with van der Waals surface area (Å²) in [6, 6.07) is 16.7. The number of ether oxygens (including phenoxy) is 1. The number of methoxy groups -OCH3 is 1. The summed E-state index contributed by atoms with van der Waals surface area (Å²) in [5.74, 6) is 0.409. The van der Waals surface area contributed by atoms with E-state index in [0.717, 1.165) is 24.0 Å². The molecule has 1 amide bonds. The van der Waals surface area contributed by atoms with E-state index in [4.69, 9.17) is 4.74 Å². The van der Waals surface area contributed by atoms with Gasteiger partial charge in [-0.1, -0.05) is 59.7 Å². The first-order valence-corrected chi connectivity index (χ1v) is 10.4. The minimum atomic E-state index is -0.755. The van der Waals surface area contributed by atoms with Crippen LogP contribution in [0, 0.1) is 13.8 Å². The Kier molecular flexibility index (Phi) is 5.48. The molecule has 1 aliphatic rings. The number of rotatable bonds is 5. The summed E-state index contributed by atoms with van der Waals surface area (Å²) in [5.41, 5.74) is 3.72. The molecule has 0 N–H and O–H groups in total. The molecule has 0 spiro atoms. The summed E-state index contributed by atoms with van der Waals surface area (Å²) in [7, 11) is 3.61. The lowest BCUT2D eigenvalue weighted by atomic mass is 9.77. The SMILES string of the molecule is COC(c1cccc(C)c1)(c1cccc(C)c1)[C@@H]1CCCN1C(=O)c1nccn1C. The summed E-state index contributed by atoms with van der Waals surface area (Å²) in [6.07, 6.45) is 5.28. The molecule has 2 heterocycles. The van der Waals surface area contributed by atoms with Gasteiger partial charge in [0, 0.05) is 33.1 Å². The molecular weight excluding hydrogens is 374 g/mol. The molecule has 0 bridgehead atoms. The van der Waals surface area contributed by atoms with Crippen LogP contribution in [0.4, 0.5) is 0 Å². The topological polar surface area (TPSA) is 47.4 Å². The van der Waals surface area contributed by atoms with Crippen molar-refractivity contribution in [2.24, 2.45) is 7.05 Å². The molecule has 0 saturated carbocycles. The van der Waals surface area contributed by atoms with E-state index in [-0.39, 0.29) is 11.9 Å². The van der Waals surface area contributed by atoms with Gasteiger partial charge in [-0.2, -0.15) is 0 Å². The van der Waals surface area contributed by atoms with E-state index < -0.39 is 5.60 Å². The molecule has 1 saturated heterocycles. The van der Waals surface area contributed by atoms with Gasteiger partial charge < -0.3 is 14.2 Å².